The Labute approximate surface area is 219 Å². The summed E-state index contributed by atoms with van der Waals surface area (Å²) in [6, 6.07) is 6.66. The van der Waals surface area contributed by atoms with Crippen LogP contribution in [0.4, 0.5) is 32.0 Å². The average Bonchev–Trinajstić information content (AvgIpc) is 3.31. The molecule has 0 unspecified atom stereocenters. The van der Waals surface area contributed by atoms with Crippen molar-refractivity contribution in [1.29, 1.82) is 0 Å². The highest BCUT2D eigenvalue weighted by Gasteiger charge is 2.67. The number of carbonyl (C=O) groups is 2. The Bertz CT molecular complexity index is 1270. The molecule has 210 valence electrons. The maximum absolute atomic E-state index is 13.7. The number of phenols is 1. The van der Waals surface area contributed by atoms with Crippen LogP contribution in [0.3, 0.4) is 0 Å². The minimum absolute atomic E-state index is 0.000446. The Morgan fingerprint density at radius 1 is 0.923 bits per heavy atom. The van der Waals surface area contributed by atoms with Crippen LogP contribution in [0.25, 0.3) is 0 Å². The molecule has 2 amide bonds. The minimum atomic E-state index is -5.16. The summed E-state index contributed by atoms with van der Waals surface area (Å²) in [4.78, 5) is 27.6. The molecule has 0 spiro atoms. The molecule has 2 heterocycles. The van der Waals surface area contributed by atoms with Crippen molar-refractivity contribution in [3.05, 3.63) is 59.2 Å². The summed E-state index contributed by atoms with van der Waals surface area (Å²) in [6.07, 6.45) is -11.0. The van der Waals surface area contributed by atoms with Gasteiger partial charge in [-0.05, 0) is 54.7 Å². The van der Waals surface area contributed by atoms with E-state index in [-0.39, 0.29) is 30.6 Å². The zero-order valence-corrected chi connectivity index (χ0v) is 20.8. The molecule has 0 radical (unpaired) electrons. The first-order valence-corrected chi connectivity index (χ1v) is 12.4. The van der Waals surface area contributed by atoms with Crippen LogP contribution in [0.1, 0.15) is 49.5 Å². The molecule has 6 nitrogen and oxygen atoms in total. The number of anilines is 1. The maximum Gasteiger partial charge on any atom is 0.416 e. The van der Waals surface area contributed by atoms with Crippen molar-refractivity contribution < 1.29 is 50.9 Å². The molecule has 0 bridgehead atoms. The molecule has 2 N–H and O–H groups in total. The van der Waals surface area contributed by atoms with Crippen LogP contribution in [-0.4, -0.2) is 27.8 Å². The lowest BCUT2D eigenvalue weighted by Crippen LogP contribution is -2.55. The molecule has 3 aliphatic rings. The van der Waals surface area contributed by atoms with Crippen LogP contribution < -0.4 is 4.90 Å². The molecule has 2 aliphatic heterocycles. The molecule has 2 saturated heterocycles. The SMILES string of the molecule is CC(C)[C@H]1C[C@@H]2C(=O)N(c3cc(C(F)(F)F)cc(C(F)(F)F)c3)C(=O)[C@@H]2[C@@H]2C[C@@H](c3ccc(O)cc3)O[C@]12O. The van der Waals surface area contributed by atoms with Gasteiger partial charge in [0.1, 0.15) is 5.75 Å². The number of nitrogens with zero attached hydrogens (tertiary/aromatic N) is 1. The molecule has 3 fully saturated rings. The van der Waals surface area contributed by atoms with Gasteiger partial charge in [0.05, 0.1) is 34.8 Å². The molecule has 1 aliphatic carbocycles. The van der Waals surface area contributed by atoms with Crippen molar-refractivity contribution >= 4 is 17.5 Å². The number of hydrogen-bond acceptors (Lipinski definition) is 5. The average molecular weight is 557 g/mol. The smallest absolute Gasteiger partial charge is 0.416 e. The predicted octanol–water partition coefficient (Wildman–Crippen LogP) is 5.68. The van der Waals surface area contributed by atoms with Gasteiger partial charge in [0.25, 0.3) is 0 Å². The van der Waals surface area contributed by atoms with Gasteiger partial charge in [-0.2, -0.15) is 26.3 Å². The Morgan fingerprint density at radius 2 is 1.49 bits per heavy atom. The van der Waals surface area contributed by atoms with Crippen LogP contribution in [0, 0.1) is 29.6 Å². The van der Waals surface area contributed by atoms with Crippen molar-refractivity contribution in [2.45, 2.75) is 50.9 Å². The van der Waals surface area contributed by atoms with Gasteiger partial charge in [-0.1, -0.05) is 26.0 Å². The van der Waals surface area contributed by atoms with E-state index < -0.39 is 76.5 Å². The van der Waals surface area contributed by atoms with Crippen molar-refractivity contribution in [2.24, 2.45) is 29.6 Å². The second-order valence-corrected chi connectivity index (χ2v) is 10.8. The largest absolute Gasteiger partial charge is 0.508 e. The van der Waals surface area contributed by atoms with Crippen LogP contribution in [-0.2, 0) is 26.7 Å². The number of aliphatic hydroxyl groups is 1. The fourth-order valence-electron chi connectivity index (χ4n) is 6.39. The van der Waals surface area contributed by atoms with Gasteiger partial charge in [-0.15, -0.1) is 0 Å². The third-order valence-corrected chi connectivity index (χ3v) is 8.18. The number of halogens is 6. The van der Waals surface area contributed by atoms with E-state index in [9.17, 15) is 46.1 Å². The highest BCUT2D eigenvalue weighted by atomic mass is 19.4. The summed E-state index contributed by atoms with van der Waals surface area (Å²) >= 11 is 0. The molecule has 6 atom stereocenters. The first-order valence-electron chi connectivity index (χ1n) is 12.4. The fourth-order valence-corrected chi connectivity index (χ4v) is 6.39. The van der Waals surface area contributed by atoms with Crippen molar-refractivity contribution in [3.63, 3.8) is 0 Å². The van der Waals surface area contributed by atoms with E-state index in [0.717, 1.165) is 0 Å². The van der Waals surface area contributed by atoms with E-state index in [2.05, 4.69) is 0 Å². The van der Waals surface area contributed by atoms with Gasteiger partial charge in [-0.25, -0.2) is 0 Å². The zero-order chi connectivity index (χ0) is 28.7. The summed E-state index contributed by atoms with van der Waals surface area (Å²) in [6.45, 7) is 3.58. The highest BCUT2D eigenvalue weighted by molar-refractivity contribution is 6.22. The number of fused-ring (bicyclic) bond motifs is 3. The van der Waals surface area contributed by atoms with E-state index in [0.29, 0.717) is 22.6 Å². The molecule has 0 aromatic heterocycles. The molecule has 39 heavy (non-hydrogen) atoms. The summed E-state index contributed by atoms with van der Waals surface area (Å²) in [7, 11) is 0. The number of benzene rings is 2. The Morgan fingerprint density at radius 3 is 2.00 bits per heavy atom. The maximum atomic E-state index is 13.7. The summed E-state index contributed by atoms with van der Waals surface area (Å²) in [5.74, 6) is -7.83. The van der Waals surface area contributed by atoms with E-state index in [1.54, 1.807) is 26.0 Å². The Hall–Kier alpha value is -3.12. The van der Waals surface area contributed by atoms with Gasteiger partial charge in [0.2, 0.25) is 11.8 Å². The number of aromatic hydroxyl groups is 1. The van der Waals surface area contributed by atoms with E-state index in [1.165, 1.54) is 12.1 Å². The van der Waals surface area contributed by atoms with Gasteiger partial charge in [0, 0.05) is 11.8 Å². The lowest BCUT2D eigenvalue weighted by atomic mass is 9.62. The number of hydrogen-bond donors (Lipinski definition) is 2. The minimum Gasteiger partial charge on any atom is -0.508 e. The molecule has 1 saturated carbocycles. The zero-order valence-electron chi connectivity index (χ0n) is 20.8. The summed E-state index contributed by atoms with van der Waals surface area (Å²) in [5, 5.41) is 21.4. The number of ether oxygens (including phenoxy) is 1. The number of rotatable bonds is 3. The fraction of sp³-hybridized carbons (Fsp3) is 0.481. The van der Waals surface area contributed by atoms with E-state index in [4.69, 9.17) is 4.74 Å². The number of phenolic OH excluding ortho intramolecular Hbond substituents is 1. The standard InChI is InChI=1S/C27H25F6NO5/c1-12(2)19-10-18-22(20-11-21(39-25(19,20)38)13-3-5-17(35)6-4-13)24(37)34(23(18)36)16-8-14(26(28,29)30)7-15(9-16)27(31,32)33/h3-9,12,18-22,35,38H,10-11H2,1-2H3/t18-,19+,20-,21-,22-,25+/m0/s1. The van der Waals surface area contributed by atoms with E-state index in [1.807, 2.05) is 0 Å². The monoisotopic (exact) mass is 557 g/mol. The van der Waals surface area contributed by atoms with Gasteiger partial charge in [-0.3, -0.25) is 14.5 Å². The normalized spacial score (nSPS) is 31.1. The van der Waals surface area contributed by atoms with Crippen LogP contribution in [0.15, 0.2) is 42.5 Å². The van der Waals surface area contributed by atoms with E-state index >= 15 is 0 Å². The lowest BCUT2D eigenvalue weighted by Gasteiger charge is -2.46. The topological polar surface area (TPSA) is 87.1 Å². The molecule has 5 rings (SSSR count). The number of imide groups is 1. The number of alkyl halides is 6. The Balaban J connectivity index is 1.57. The number of amides is 2. The van der Waals surface area contributed by atoms with Gasteiger partial charge >= 0.3 is 12.4 Å². The molecular weight excluding hydrogens is 532 g/mol. The first-order chi connectivity index (χ1) is 18.0. The second-order valence-electron chi connectivity index (χ2n) is 10.8. The molecule has 12 heteroatoms. The van der Waals surface area contributed by atoms with Crippen molar-refractivity contribution in [3.8, 4) is 5.75 Å². The van der Waals surface area contributed by atoms with Gasteiger partial charge in [0.15, 0.2) is 5.79 Å². The van der Waals surface area contributed by atoms with Gasteiger partial charge < -0.3 is 14.9 Å². The predicted molar refractivity (Wildman–Crippen MR) is 124 cm³/mol. The number of carbonyl (C=O) groups excluding carboxylic acids is 2. The second kappa shape index (κ2) is 8.95. The third-order valence-electron chi connectivity index (χ3n) is 8.18. The van der Waals surface area contributed by atoms with Crippen molar-refractivity contribution in [2.75, 3.05) is 4.90 Å². The quantitative estimate of drug-likeness (QED) is 0.375. The molecule has 2 aromatic rings. The Kier molecular flexibility index (Phi) is 6.30. The van der Waals surface area contributed by atoms with Crippen LogP contribution in [0.2, 0.25) is 0 Å². The van der Waals surface area contributed by atoms with Crippen LogP contribution in [0.5, 0.6) is 5.75 Å². The lowest BCUT2D eigenvalue weighted by molar-refractivity contribution is -0.276. The third kappa shape index (κ3) is 4.47. The first kappa shape index (κ1) is 27.4. The van der Waals surface area contributed by atoms with Crippen LogP contribution >= 0.6 is 0 Å². The molecular formula is C27H25F6NO5. The summed E-state index contributed by atoms with van der Waals surface area (Å²) < 4.78 is 87.0. The van der Waals surface area contributed by atoms with Crippen molar-refractivity contribution in [1.82, 2.24) is 0 Å². The molecule has 2 aromatic carbocycles. The highest BCUT2D eigenvalue weighted by Crippen LogP contribution is 2.60. The summed E-state index contributed by atoms with van der Waals surface area (Å²) in [5.41, 5.74) is -3.51.